The number of benzene rings is 4. The summed E-state index contributed by atoms with van der Waals surface area (Å²) >= 11 is 0. The number of rotatable bonds is 0. The Hall–Kier alpha value is -4.18. The lowest BCUT2D eigenvalue weighted by Gasteiger charge is -2.24. The van der Waals surface area contributed by atoms with E-state index in [2.05, 4.69) is 0 Å². The van der Waals surface area contributed by atoms with Gasteiger partial charge < -0.3 is 9.13 Å². The van der Waals surface area contributed by atoms with E-state index in [0.717, 1.165) is 32.6 Å². The molecular weight excluding hydrogens is 468 g/mol. The van der Waals surface area contributed by atoms with Gasteiger partial charge in [-0.2, -0.15) is 0 Å². The Labute approximate surface area is 222 Å². The average molecular weight is 503 g/mol. The molecule has 192 valence electrons. The summed E-state index contributed by atoms with van der Waals surface area (Å²) in [6.45, 7) is 12.3. The molecule has 38 heavy (non-hydrogen) atoms. The van der Waals surface area contributed by atoms with Gasteiger partial charge >= 0.3 is 0 Å². The van der Waals surface area contributed by atoms with Crippen molar-refractivity contribution in [3.05, 3.63) is 118 Å². The van der Waals surface area contributed by atoms with Crippen LogP contribution in [-0.2, 0) is 11.1 Å². The minimum atomic E-state index is -0.491. The smallest absolute Gasteiger partial charge is 0.258 e. The van der Waals surface area contributed by atoms with Crippen molar-refractivity contribution in [3.8, 4) is 0 Å². The summed E-state index contributed by atoms with van der Waals surface area (Å²) in [7, 11) is 0. The molecule has 0 aliphatic heterocycles. The van der Waals surface area contributed by atoms with Crippen molar-refractivity contribution in [3.63, 3.8) is 0 Å². The maximum atomic E-state index is 14.3. The highest BCUT2D eigenvalue weighted by molar-refractivity contribution is 5.98. The van der Waals surface area contributed by atoms with Gasteiger partial charge in [0.25, 0.3) is 11.1 Å². The van der Waals surface area contributed by atoms with Crippen molar-refractivity contribution in [1.29, 1.82) is 0 Å². The van der Waals surface area contributed by atoms with E-state index in [0.29, 0.717) is 10.8 Å². The Morgan fingerprint density at radius 2 is 0.789 bits per heavy atom. The summed E-state index contributed by atoms with van der Waals surface area (Å²) < 4.78 is 3.74. The molecule has 0 spiro atoms. The largest absolute Gasteiger partial charge is 0.302 e. The Balaban J connectivity index is 2.25. The Morgan fingerprint density at radius 3 is 1.16 bits per heavy atom. The third-order valence-electron chi connectivity index (χ3n) is 6.88. The number of para-hydroxylation sites is 2. The molecule has 0 fully saturated rings. The van der Waals surface area contributed by atoms with Gasteiger partial charge in [-0.05, 0) is 88.7 Å². The fourth-order valence-electron chi connectivity index (χ4n) is 5.27. The Kier molecular flexibility index (Phi) is 6.22. The molecule has 4 heteroatoms. The van der Waals surface area contributed by atoms with E-state index in [1.807, 2.05) is 148 Å². The van der Waals surface area contributed by atoms with Gasteiger partial charge in [0, 0.05) is 32.6 Å². The van der Waals surface area contributed by atoms with Gasteiger partial charge in [-0.15, -0.1) is 0 Å². The molecule has 4 nitrogen and oxygen atoms in total. The van der Waals surface area contributed by atoms with Crippen LogP contribution in [0.1, 0.15) is 41.5 Å². The predicted octanol–water partition coefficient (Wildman–Crippen LogP) is 7.82. The molecule has 0 N–H and O–H groups in total. The highest BCUT2D eigenvalue weighted by atomic mass is 16.1. The van der Waals surface area contributed by atoms with Crippen LogP contribution < -0.4 is 11.1 Å². The van der Waals surface area contributed by atoms with E-state index in [1.165, 1.54) is 0 Å². The van der Waals surface area contributed by atoms with Crippen LogP contribution in [0.2, 0.25) is 0 Å². The van der Waals surface area contributed by atoms with Crippen LogP contribution >= 0.6 is 0 Å². The zero-order valence-electron chi connectivity index (χ0n) is 22.9. The van der Waals surface area contributed by atoms with Gasteiger partial charge in [0.15, 0.2) is 0 Å². The molecule has 0 atom stereocenters. The fourth-order valence-corrected chi connectivity index (χ4v) is 5.27. The second-order valence-corrected chi connectivity index (χ2v) is 11.8. The van der Waals surface area contributed by atoms with Gasteiger partial charge in [-0.3, -0.25) is 9.59 Å². The third-order valence-corrected chi connectivity index (χ3v) is 6.88. The molecule has 0 saturated heterocycles. The van der Waals surface area contributed by atoms with Gasteiger partial charge in [-0.1, -0.05) is 60.7 Å². The second kappa shape index (κ2) is 9.29. The van der Waals surface area contributed by atoms with Gasteiger partial charge in [0.05, 0.1) is 11.0 Å². The maximum absolute atomic E-state index is 14.3. The van der Waals surface area contributed by atoms with Crippen molar-refractivity contribution >= 4 is 43.4 Å². The molecule has 0 saturated carbocycles. The third kappa shape index (κ3) is 4.51. The second-order valence-electron chi connectivity index (χ2n) is 11.8. The molecule has 4 bridgehead atoms. The molecule has 0 amide bonds. The van der Waals surface area contributed by atoms with Gasteiger partial charge in [0.1, 0.15) is 0 Å². The molecule has 0 radical (unpaired) electrons. The highest BCUT2D eigenvalue weighted by Crippen LogP contribution is 2.25. The van der Waals surface area contributed by atoms with Crippen LogP contribution in [0.5, 0.6) is 0 Å². The molecule has 0 aliphatic rings. The number of hydrogen-bond acceptors (Lipinski definition) is 2. The highest BCUT2D eigenvalue weighted by Gasteiger charge is 2.19. The zero-order valence-corrected chi connectivity index (χ0v) is 22.9. The molecule has 4 aromatic carbocycles. The van der Waals surface area contributed by atoms with E-state index in [-0.39, 0.29) is 11.1 Å². The van der Waals surface area contributed by atoms with Crippen LogP contribution in [0.3, 0.4) is 0 Å². The minimum absolute atomic E-state index is 0.0683. The SMILES string of the molecule is CC(C)(C)n1c(=O)c2cccc(c2)c2ccccc2n(C(C)(C)C)c(=O)c2cccc(c2)c2ccccc21. The lowest BCUT2D eigenvalue weighted by molar-refractivity contribution is 0.400. The van der Waals surface area contributed by atoms with Crippen molar-refractivity contribution in [2.75, 3.05) is 0 Å². The van der Waals surface area contributed by atoms with Crippen LogP contribution in [0.25, 0.3) is 43.4 Å². The molecule has 5 aromatic rings. The standard InChI is InChI=1S/C34H34N2O2/c1-33(2,3)35-29-19-9-7-17-27(29)23-13-12-16-26(22-23)32(38)36(34(4,5)6)30-20-10-8-18-28(30)24-14-11-15-25(21-24)31(35)37/h7-22H,1-6H3. The molecule has 0 aliphatic carbocycles. The maximum Gasteiger partial charge on any atom is 0.258 e. The zero-order chi connectivity index (χ0) is 27.2. The molecule has 1 heterocycles. The van der Waals surface area contributed by atoms with Crippen LogP contribution in [0.15, 0.2) is 107 Å². The summed E-state index contributed by atoms with van der Waals surface area (Å²) in [5.41, 5.74) is 0.501. The average Bonchev–Trinajstić information content (AvgIpc) is 2.87. The van der Waals surface area contributed by atoms with Crippen LogP contribution in [0.4, 0.5) is 0 Å². The first kappa shape index (κ1) is 25.5. The number of aromatic nitrogens is 2. The summed E-state index contributed by atoms with van der Waals surface area (Å²) in [6.07, 6.45) is 0. The summed E-state index contributed by atoms with van der Waals surface area (Å²) in [4.78, 5) is 28.5. The number of nitrogens with zero attached hydrogens (tertiary/aromatic N) is 2. The van der Waals surface area contributed by atoms with Crippen molar-refractivity contribution in [1.82, 2.24) is 9.13 Å². The summed E-state index contributed by atoms with van der Waals surface area (Å²) in [5, 5.41) is 4.79. The Morgan fingerprint density at radius 1 is 0.447 bits per heavy atom. The Bertz CT molecular complexity index is 1790. The first-order valence-electron chi connectivity index (χ1n) is 13.0. The monoisotopic (exact) mass is 502 g/mol. The van der Waals surface area contributed by atoms with E-state index >= 15 is 0 Å². The van der Waals surface area contributed by atoms with E-state index < -0.39 is 11.1 Å². The summed E-state index contributed by atoms with van der Waals surface area (Å²) in [6, 6.07) is 31.3. The normalized spacial score (nSPS) is 12.2. The minimum Gasteiger partial charge on any atom is -0.302 e. The van der Waals surface area contributed by atoms with Gasteiger partial charge in [0.2, 0.25) is 0 Å². The van der Waals surface area contributed by atoms with E-state index in [9.17, 15) is 9.59 Å². The summed E-state index contributed by atoms with van der Waals surface area (Å²) in [5.74, 6) is 0. The lowest BCUT2D eigenvalue weighted by Crippen LogP contribution is -2.33. The number of fused-ring (bicyclic) bond motifs is 8. The van der Waals surface area contributed by atoms with E-state index in [4.69, 9.17) is 0 Å². The van der Waals surface area contributed by atoms with Gasteiger partial charge in [-0.25, -0.2) is 0 Å². The molecular formula is C34H34N2O2. The van der Waals surface area contributed by atoms with Crippen molar-refractivity contribution < 1.29 is 0 Å². The first-order chi connectivity index (χ1) is 18.0. The number of hydrogen-bond donors (Lipinski definition) is 0. The van der Waals surface area contributed by atoms with E-state index in [1.54, 1.807) is 0 Å². The van der Waals surface area contributed by atoms with Crippen molar-refractivity contribution in [2.24, 2.45) is 0 Å². The lowest BCUT2D eigenvalue weighted by atomic mass is 10.0. The van der Waals surface area contributed by atoms with Crippen LogP contribution in [-0.4, -0.2) is 9.13 Å². The molecule has 1 aromatic heterocycles. The topological polar surface area (TPSA) is 44.0 Å². The van der Waals surface area contributed by atoms with Crippen molar-refractivity contribution in [2.45, 2.75) is 52.6 Å². The van der Waals surface area contributed by atoms with Crippen LogP contribution in [0, 0.1) is 0 Å². The molecule has 5 rings (SSSR count). The first-order valence-corrected chi connectivity index (χ1v) is 13.0. The molecule has 0 unspecified atom stereocenters. The predicted molar refractivity (Wildman–Crippen MR) is 161 cm³/mol. The quantitative estimate of drug-likeness (QED) is 0.217. The fraction of sp³-hybridized carbons (Fsp3) is 0.235.